The summed E-state index contributed by atoms with van der Waals surface area (Å²) in [6.45, 7) is 6.02. The molecule has 2 aromatic rings. The second-order valence-corrected chi connectivity index (χ2v) is 5.75. The molecule has 2 heterocycles. The van der Waals surface area contributed by atoms with Crippen LogP contribution in [0.25, 0.3) is 10.8 Å². The Hall–Kier alpha value is -2.08. The van der Waals surface area contributed by atoms with Crippen molar-refractivity contribution in [1.29, 1.82) is 0 Å². The number of fused-ring (bicyclic) bond motifs is 1. The molecule has 0 aliphatic heterocycles. The number of hydrogen-bond acceptors (Lipinski definition) is 5. The fraction of sp³-hybridized carbons (Fsp3) is 0.429. The van der Waals surface area contributed by atoms with Crippen LogP contribution in [0.4, 0.5) is 11.6 Å². The van der Waals surface area contributed by atoms with Crippen molar-refractivity contribution >= 4 is 22.4 Å². The van der Waals surface area contributed by atoms with Gasteiger partial charge in [0.15, 0.2) is 0 Å². The Morgan fingerprint density at radius 1 is 1.45 bits per heavy atom. The Labute approximate surface area is 117 Å². The van der Waals surface area contributed by atoms with Gasteiger partial charge in [-0.3, -0.25) is 9.36 Å². The molecule has 0 amide bonds. The van der Waals surface area contributed by atoms with E-state index in [-0.39, 0.29) is 24.2 Å². The Morgan fingerprint density at radius 2 is 2.15 bits per heavy atom. The minimum Gasteiger partial charge on any atom is -0.395 e. The van der Waals surface area contributed by atoms with E-state index in [0.717, 1.165) is 5.39 Å². The molecule has 0 atom stereocenters. The van der Waals surface area contributed by atoms with Crippen LogP contribution < -0.4 is 16.6 Å². The summed E-state index contributed by atoms with van der Waals surface area (Å²) in [5, 5.41) is 13.5. The maximum Gasteiger partial charge on any atom is 0.263 e. The highest BCUT2D eigenvalue weighted by molar-refractivity contribution is 5.92. The van der Waals surface area contributed by atoms with E-state index in [9.17, 15) is 4.79 Å². The summed E-state index contributed by atoms with van der Waals surface area (Å²) in [7, 11) is 0. The third-order valence-corrected chi connectivity index (χ3v) is 2.87. The van der Waals surface area contributed by atoms with Gasteiger partial charge in [0, 0.05) is 11.7 Å². The maximum absolute atomic E-state index is 12.5. The van der Waals surface area contributed by atoms with Crippen molar-refractivity contribution in [3.63, 3.8) is 0 Å². The standard InChI is InChI=1S/C14H20N4O2/c1-14(2,3)17-12-11-9(4-5-16-12)8-10(15)18(6-7-19)13(11)20/h4-5,8,19H,6-7,15H2,1-3H3,(H,16,17). The second kappa shape index (κ2) is 5.13. The van der Waals surface area contributed by atoms with Crippen molar-refractivity contribution in [3.8, 4) is 0 Å². The zero-order valence-electron chi connectivity index (χ0n) is 12.0. The molecule has 4 N–H and O–H groups in total. The Balaban J connectivity index is 2.72. The van der Waals surface area contributed by atoms with Gasteiger partial charge in [0.05, 0.1) is 18.5 Å². The van der Waals surface area contributed by atoms with E-state index in [1.807, 2.05) is 20.8 Å². The van der Waals surface area contributed by atoms with Crippen molar-refractivity contribution in [3.05, 3.63) is 28.7 Å². The van der Waals surface area contributed by atoms with Gasteiger partial charge in [-0.25, -0.2) is 4.98 Å². The monoisotopic (exact) mass is 276 g/mol. The Bertz CT molecular complexity index is 686. The molecule has 0 spiro atoms. The van der Waals surface area contributed by atoms with Crippen LogP contribution in [0.2, 0.25) is 0 Å². The number of nitrogen functional groups attached to an aromatic ring is 1. The van der Waals surface area contributed by atoms with E-state index < -0.39 is 0 Å². The molecule has 0 bridgehead atoms. The zero-order valence-corrected chi connectivity index (χ0v) is 12.0. The Morgan fingerprint density at radius 3 is 2.75 bits per heavy atom. The molecule has 0 aliphatic rings. The molecule has 0 aromatic carbocycles. The molecule has 0 aliphatic carbocycles. The molecule has 0 unspecified atom stereocenters. The number of aliphatic hydroxyl groups excluding tert-OH is 1. The molecule has 6 heteroatoms. The molecule has 6 nitrogen and oxygen atoms in total. The van der Waals surface area contributed by atoms with Gasteiger partial charge in [-0.15, -0.1) is 0 Å². The molecular weight excluding hydrogens is 256 g/mol. The van der Waals surface area contributed by atoms with Crippen LogP contribution in [0, 0.1) is 0 Å². The molecule has 20 heavy (non-hydrogen) atoms. The van der Waals surface area contributed by atoms with Gasteiger partial charge >= 0.3 is 0 Å². The highest BCUT2D eigenvalue weighted by Gasteiger charge is 2.16. The molecular formula is C14H20N4O2. The van der Waals surface area contributed by atoms with Crippen LogP contribution in [0.15, 0.2) is 23.1 Å². The van der Waals surface area contributed by atoms with E-state index in [0.29, 0.717) is 17.0 Å². The predicted molar refractivity (Wildman–Crippen MR) is 80.9 cm³/mol. The fourth-order valence-electron chi connectivity index (χ4n) is 2.09. The lowest BCUT2D eigenvalue weighted by molar-refractivity contribution is 0.275. The molecule has 2 rings (SSSR count). The van der Waals surface area contributed by atoms with Crippen molar-refractivity contribution in [2.75, 3.05) is 17.7 Å². The van der Waals surface area contributed by atoms with Crippen LogP contribution >= 0.6 is 0 Å². The summed E-state index contributed by atoms with van der Waals surface area (Å²) in [5.74, 6) is 0.871. The van der Waals surface area contributed by atoms with E-state index in [1.165, 1.54) is 4.57 Å². The van der Waals surface area contributed by atoms with E-state index >= 15 is 0 Å². The summed E-state index contributed by atoms with van der Waals surface area (Å²) in [6.07, 6.45) is 1.64. The van der Waals surface area contributed by atoms with Crippen molar-refractivity contribution in [2.45, 2.75) is 32.9 Å². The van der Waals surface area contributed by atoms with Crippen molar-refractivity contribution in [1.82, 2.24) is 9.55 Å². The van der Waals surface area contributed by atoms with Crippen LogP contribution in [0.1, 0.15) is 20.8 Å². The number of rotatable bonds is 3. The van der Waals surface area contributed by atoms with Gasteiger partial charge in [0.2, 0.25) is 0 Å². The average Bonchev–Trinajstić information content (AvgIpc) is 2.32. The fourth-order valence-corrected chi connectivity index (χ4v) is 2.09. The first-order chi connectivity index (χ1) is 9.33. The SMILES string of the molecule is CC(C)(C)Nc1nccc2cc(N)n(CCO)c(=O)c12. The smallest absolute Gasteiger partial charge is 0.263 e. The average molecular weight is 276 g/mol. The van der Waals surface area contributed by atoms with E-state index in [1.54, 1.807) is 18.3 Å². The topological polar surface area (TPSA) is 93.2 Å². The molecule has 0 radical (unpaired) electrons. The highest BCUT2D eigenvalue weighted by Crippen LogP contribution is 2.22. The molecule has 0 fully saturated rings. The number of hydrogen-bond donors (Lipinski definition) is 3. The predicted octanol–water partition coefficient (Wildman–Crippen LogP) is 1.18. The Kier molecular flexibility index (Phi) is 3.67. The number of pyridine rings is 2. The summed E-state index contributed by atoms with van der Waals surface area (Å²) >= 11 is 0. The third-order valence-electron chi connectivity index (χ3n) is 2.87. The summed E-state index contributed by atoms with van der Waals surface area (Å²) in [4.78, 5) is 16.8. The number of nitrogens with one attached hydrogen (secondary N) is 1. The van der Waals surface area contributed by atoms with Gasteiger partial charge in [-0.1, -0.05) is 0 Å². The number of anilines is 2. The first-order valence-corrected chi connectivity index (χ1v) is 6.50. The number of nitrogens with zero attached hydrogens (tertiary/aromatic N) is 2. The van der Waals surface area contributed by atoms with Gasteiger partial charge in [-0.2, -0.15) is 0 Å². The minimum absolute atomic E-state index is 0.141. The zero-order chi connectivity index (χ0) is 14.9. The second-order valence-electron chi connectivity index (χ2n) is 5.75. The maximum atomic E-state index is 12.5. The van der Waals surface area contributed by atoms with Crippen molar-refractivity contribution < 1.29 is 5.11 Å². The minimum atomic E-state index is -0.242. The first kappa shape index (κ1) is 14.3. The number of nitrogens with two attached hydrogens (primary N) is 1. The van der Waals surface area contributed by atoms with Gasteiger partial charge in [0.25, 0.3) is 5.56 Å². The molecule has 108 valence electrons. The quantitative estimate of drug-likeness (QED) is 0.782. The third kappa shape index (κ3) is 2.75. The van der Waals surface area contributed by atoms with Gasteiger partial charge < -0.3 is 16.2 Å². The molecule has 0 saturated carbocycles. The number of aliphatic hydroxyl groups is 1. The largest absolute Gasteiger partial charge is 0.395 e. The van der Waals surface area contributed by atoms with E-state index in [2.05, 4.69) is 10.3 Å². The van der Waals surface area contributed by atoms with Crippen LogP contribution in [-0.4, -0.2) is 26.8 Å². The number of aromatic nitrogens is 2. The first-order valence-electron chi connectivity index (χ1n) is 6.50. The lowest BCUT2D eigenvalue weighted by atomic mass is 10.1. The molecule has 2 aromatic heterocycles. The summed E-state index contributed by atoms with van der Waals surface area (Å²) in [5.41, 5.74) is 5.41. The highest BCUT2D eigenvalue weighted by atomic mass is 16.3. The van der Waals surface area contributed by atoms with Crippen LogP contribution in [0.5, 0.6) is 0 Å². The van der Waals surface area contributed by atoms with Gasteiger partial charge in [-0.05, 0) is 38.3 Å². The lowest BCUT2D eigenvalue weighted by Gasteiger charge is -2.22. The van der Waals surface area contributed by atoms with E-state index in [4.69, 9.17) is 10.8 Å². The summed E-state index contributed by atoms with van der Waals surface area (Å²) < 4.78 is 1.36. The summed E-state index contributed by atoms with van der Waals surface area (Å²) in [6, 6.07) is 3.48. The van der Waals surface area contributed by atoms with Crippen LogP contribution in [0.3, 0.4) is 0 Å². The van der Waals surface area contributed by atoms with Crippen molar-refractivity contribution in [2.24, 2.45) is 0 Å². The van der Waals surface area contributed by atoms with Gasteiger partial charge in [0.1, 0.15) is 11.6 Å². The molecule has 0 saturated heterocycles. The lowest BCUT2D eigenvalue weighted by Crippen LogP contribution is -2.30. The normalized spacial score (nSPS) is 11.8. The van der Waals surface area contributed by atoms with Crippen LogP contribution in [-0.2, 0) is 6.54 Å².